The fraction of sp³-hybridized carbons (Fsp3) is 0.267. The summed E-state index contributed by atoms with van der Waals surface area (Å²) in [6.07, 6.45) is 1.41. The van der Waals surface area contributed by atoms with Gasteiger partial charge in [-0.15, -0.1) is 0 Å². The van der Waals surface area contributed by atoms with E-state index in [1.807, 2.05) is 32.0 Å². The summed E-state index contributed by atoms with van der Waals surface area (Å²) in [5.74, 6) is -0.353. The first-order chi connectivity index (χ1) is 10.3. The molecule has 0 unspecified atom stereocenters. The number of aryl methyl sites for hydroxylation is 2. The van der Waals surface area contributed by atoms with Crippen LogP contribution in [0.5, 0.6) is 0 Å². The zero-order chi connectivity index (χ0) is 16.5. The minimum Gasteiger partial charge on any atom is -0.345 e. The van der Waals surface area contributed by atoms with Crippen molar-refractivity contribution >= 4 is 21.6 Å². The van der Waals surface area contributed by atoms with Crippen molar-refractivity contribution in [3.05, 3.63) is 47.3 Å². The van der Waals surface area contributed by atoms with E-state index in [9.17, 15) is 13.2 Å². The first kappa shape index (κ1) is 16.3. The quantitative estimate of drug-likeness (QED) is 0.901. The van der Waals surface area contributed by atoms with Crippen LogP contribution in [-0.2, 0) is 17.1 Å². The molecule has 0 aliphatic rings. The Morgan fingerprint density at radius 1 is 1.23 bits per heavy atom. The van der Waals surface area contributed by atoms with Crippen LogP contribution in [0.15, 0.2) is 35.4 Å². The molecule has 0 atom stereocenters. The molecule has 0 aliphatic carbocycles. The van der Waals surface area contributed by atoms with E-state index in [0.29, 0.717) is 5.69 Å². The van der Waals surface area contributed by atoms with Gasteiger partial charge in [0.2, 0.25) is 10.0 Å². The lowest BCUT2D eigenvalue weighted by molar-refractivity contribution is 0.101. The van der Waals surface area contributed by atoms with E-state index in [4.69, 9.17) is 0 Å². The highest BCUT2D eigenvalue weighted by atomic mass is 32.2. The summed E-state index contributed by atoms with van der Waals surface area (Å²) < 4.78 is 27.3. The van der Waals surface area contributed by atoms with Crippen molar-refractivity contribution in [2.75, 3.05) is 12.4 Å². The van der Waals surface area contributed by atoms with Gasteiger partial charge in [0.15, 0.2) is 0 Å². The summed E-state index contributed by atoms with van der Waals surface area (Å²) in [5.41, 5.74) is 3.04. The van der Waals surface area contributed by atoms with Crippen LogP contribution in [-0.4, -0.2) is 25.9 Å². The Morgan fingerprint density at radius 2 is 1.91 bits per heavy atom. The van der Waals surface area contributed by atoms with Gasteiger partial charge in [0.25, 0.3) is 5.91 Å². The average Bonchev–Trinajstić information content (AvgIpc) is 2.87. The number of rotatable bonds is 4. The van der Waals surface area contributed by atoms with Gasteiger partial charge in [-0.05, 0) is 44.2 Å². The standard InChI is InChI=1S/C15H19N3O3S/c1-10-6-5-7-13(11(10)2)17-15(19)14-8-12(9-18(14)4)22(20,21)16-3/h5-9,16H,1-4H3,(H,17,19). The maximum absolute atomic E-state index is 12.4. The Balaban J connectivity index is 2.33. The summed E-state index contributed by atoms with van der Waals surface area (Å²) >= 11 is 0. The highest BCUT2D eigenvalue weighted by Crippen LogP contribution is 2.20. The van der Waals surface area contributed by atoms with Crippen molar-refractivity contribution in [1.82, 2.24) is 9.29 Å². The molecule has 0 fully saturated rings. The third-order valence-corrected chi connectivity index (χ3v) is 5.03. The maximum atomic E-state index is 12.4. The highest BCUT2D eigenvalue weighted by molar-refractivity contribution is 7.89. The van der Waals surface area contributed by atoms with Crippen molar-refractivity contribution in [2.24, 2.45) is 7.05 Å². The number of anilines is 1. The molecule has 0 saturated heterocycles. The second-order valence-corrected chi connectivity index (χ2v) is 6.97. The number of hydrogen-bond donors (Lipinski definition) is 2. The zero-order valence-electron chi connectivity index (χ0n) is 13.0. The Kier molecular flexibility index (Phi) is 4.39. The largest absolute Gasteiger partial charge is 0.345 e. The van der Waals surface area contributed by atoms with E-state index in [1.54, 1.807) is 7.05 Å². The van der Waals surface area contributed by atoms with E-state index >= 15 is 0 Å². The number of carbonyl (C=O) groups is 1. The number of carbonyl (C=O) groups excluding carboxylic acids is 1. The maximum Gasteiger partial charge on any atom is 0.272 e. The number of hydrogen-bond acceptors (Lipinski definition) is 3. The van der Waals surface area contributed by atoms with E-state index in [0.717, 1.165) is 11.1 Å². The minimum absolute atomic E-state index is 0.0589. The number of nitrogens with one attached hydrogen (secondary N) is 2. The molecule has 22 heavy (non-hydrogen) atoms. The van der Waals surface area contributed by atoms with Crippen LogP contribution in [0.3, 0.4) is 0 Å². The molecule has 1 aromatic heterocycles. The molecular weight excluding hydrogens is 302 g/mol. The number of aromatic nitrogens is 1. The average molecular weight is 321 g/mol. The van der Waals surface area contributed by atoms with Crippen LogP contribution in [0.25, 0.3) is 0 Å². The Labute approximate surface area is 130 Å². The van der Waals surface area contributed by atoms with E-state index in [2.05, 4.69) is 10.0 Å². The van der Waals surface area contributed by atoms with Crippen LogP contribution in [0.2, 0.25) is 0 Å². The molecule has 6 nitrogen and oxygen atoms in total. The lowest BCUT2D eigenvalue weighted by Crippen LogP contribution is -2.18. The molecular formula is C15H19N3O3S. The molecule has 2 aromatic rings. The summed E-state index contributed by atoms with van der Waals surface area (Å²) in [6.45, 7) is 3.89. The van der Waals surface area contributed by atoms with Crippen LogP contribution < -0.4 is 10.0 Å². The normalized spacial score (nSPS) is 11.5. The van der Waals surface area contributed by atoms with E-state index < -0.39 is 10.0 Å². The second kappa shape index (κ2) is 5.94. The molecule has 1 aromatic carbocycles. The topological polar surface area (TPSA) is 80.2 Å². The van der Waals surface area contributed by atoms with Gasteiger partial charge in [0.1, 0.15) is 10.6 Å². The van der Waals surface area contributed by atoms with E-state index in [1.165, 1.54) is 23.9 Å². The number of benzene rings is 1. The van der Waals surface area contributed by atoms with Gasteiger partial charge in [-0.1, -0.05) is 12.1 Å². The second-order valence-electron chi connectivity index (χ2n) is 5.08. The molecule has 118 valence electrons. The highest BCUT2D eigenvalue weighted by Gasteiger charge is 2.19. The predicted molar refractivity (Wildman–Crippen MR) is 85.5 cm³/mol. The van der Waals surface area contributed by atoms with Crippen LogP contribution in [0, 0.1) is 13.8 Å². The summed E-state index contributed by atoms with van der Waals surface area (Å²) in [4.78, 5) is 12.4. The molecule has 0 bridgehead atoms. The molecule has 7 heteroatoms. The molecule has 0 aliphatic heterocycles. The van der Waals surface area contributed by atoms with Gasteiger partial charge < -0.3 is 9.88 Å². The van der Waals surface area contributed by atoms with Crippen molar-refractivity contribution in [3.63, 3.8) is 0 Å². The van der Waals surface area contributed by atoms with Gasteiger partial charge in [-0.3, -0.25) is 4.79 Å². The Hall–Kier alpha value is -2.12. The third-order valence-electron chi connectivity index (χ3n) is 3.64. The van der Waals surface area contributed by atoms with Crippen molar-refractivity contribution in [1.29, 1.82) is 0 Å². The third kappa shape index (κ3) is 3.05. The molecule has 1 heterocycles. The van der Waals surface area contributed by atoms with Gasteiger partial charge in [-0.25, -0.2) is 13.1 Å². The monoisotopic (exact) mass is 321 g/mol. The van der Waals surface area contributed by atoms with Crippen molar-refractivity contribution in [2.45, 2.75) is 18.7 Å². The molecule has 2 rings (SSSR count). The lowest BCUT2D eigenvalue weighted by Gasteiger charge is -2.10. The first-order valence-electron chi connectivity index (χ1n) is 6.73. The molecule has 2 N–H and O–H groups in total. The van der Waals surface area contributed by atoms with Gasteiger partial charge in [0.05, 0.1) is 0 Å². The number of nitrogens with zero attached hydrogens (tertiary/aromatic N) is 1. The van der Waals surface area contributed by atoms with Crippen LogP contribution in [0.1, 0.15) is 21.6 Å². The fourth-order valence-corrected chi connectivity index (χ4v) is 2.90. The minimum atomic E-state index is -3.57. The van der Waals surface area contributed by atoms with Crippen LogP contribution >= 0.6 is 0 Å². The Bertz CT molecular complexity index is 823. The van der Waals surface area contributed by atoms with E-state index in [-0.39, 0.29) is 16.5 Å². The summed E-state index contributed by atoms with van der Waals surface area (Å²) in [6, 6.07) is 6.99. The smallest absolute Gasteiger partial charge is 0.272 e. The van der Waals surface area contributed by atoms with Gasteiger partial charge in [-0.2, -0.15) is 0 Å². The molecule has 0 spiro atoms. The van der Waals surface area contributed by atoms with Crippen molar-refractivity contribution < 1.29 is 13.2 Å². The number of amides is 1. The summed E-state index contributed by atoms with van der Waals surface area (Å²) in [7, 11) is -0.609. The van der Waals surface area contributed by atoms with Crippen LogP contribution in [0.4, 0.5) is 5.69 Å². The van der Waals surface area contributed by atoms with Crippen molar-refractivity contribution in [3.8, 4) is 0 Å². The lowest BCUT2D eigenvalue weighted by atomic mass is 10.1. The van der Waals surface area contributed by atoms with Gasteiger partial charge in [0, 0.05) is 18.9 Å². The number of sulfonamides is 1. The fourth-order valence-electron chi connectivity index (χ4n) is 2.10. The SMILES string of the molecule is CNS(=O)(=O)c1cc(C(=O)Nc2cccc(C)c2C)n(C)c1. The zero-order valence-corrected chi connectivity index (χ0v) is 13.8. The molecule has 0 saturated carbocycles. The first-order valence-corrected chi connectivity index (χ1v) is 8.22. The predicted octanol–water partition coefficient (Wildman–Crippen LogP) is 1.80. The molecule has 1 amide bonds. The molecule has 0 radical (unpaired) electrons. The summed E-state index contributed by atoms with van der Waals surface area (Å²) in [5, 5.41) is 2.82. The Morgan fingerprint density at radius 3 is 2.55 bits per heavy atom. The van der Waals surface area contributed by atoms with Gasteiger partial charge >= 0.3 is 0 Å².